The minimum atomic E-state index is 0. The quantitative estimate of drug-likeness (QED) is 0.324. The van der Waals surface area contributed by atoms with Gasteiger partial charge in [0.1, 0.15) is 6.26 Å². The second kappa shape index (κ2) is 12.9. The Kier molecular flexibility index (Phi) is 10.6. The molecule has 1 N–H and O–H groups in total. The predicted molar refractivity (Wildman–Crippen MR) is 132 cm³/mol. The van der Waals surface area contributed by atoms with Crippen LogP contribution in [0.5, 0.6) is 0 Å². The van der Waals surface area contributed by atoms with Gasteiger partial charge in [-0.25, -0.2) is 0 Å². The zero-order chi connectivity index (χ0) is 20.5. The lowest BCUT2D eigenvalue weighted by molar-refractivity contribution is 0.167. The van der Waals surface area contributed by atoms with Crippen molar-refractivity contribution in [2.45, 2.75) is 26.4 Å². The SMILES string of the molecule is CCN(CC)C(CNC(=NC)N1CCN(Cc2ccon2)CC1)c1ccccc1.I. The van der Waals surface area contributed by atoms with Gasteiger partial charge in [-0.05, 0) is 18.7 Å². The first kappa shape index (κ1) is 24.6. The lowest BCUT2D eigenvalue weighted by Gasteiger charge is -2.37. The summed E-state index contributed by atoms with van der Waals surface area (Å²) in [6, 6.07) is 13.0. The average Bonchev–Trinajstić information content (AvgIpc) is 3.28. The van der Waals surface area contributed by atoms with Crippen molar-refractivity contribution >= 4 is 29.9 Å². The Balaban J connectivity index is 0.00000320. The Morgan fingerprint density at radius 2 is 1.83 bits per heavy atom. The second-order valence-corrected chi connectivity index (χ2v) is 7.33. The first-order valence-corrected chi connectivity index (χ1v) is 10.6. The number of piperazine rings is 1. The molecule has 1 aliphatic heterocycles. The molecule has 0 aliphatic carbocycles. The maximum Gasteiger partial charge on any atom is 0.193 e. The summed E-state index contributed by atoms with van der Waals surface area (Å²) in [6.45, 7) is 12.1. The first-order chi connectivity index (χ1) is 14.2. The van der Waals surface area contributed by atoms with E-state index in [0.717, 1.165) is 64.0 Å². The normalized spacial score (nSPS) is 16.4. The van der Waals surface area contributed by atoms with Crippen LogP contribution in [0.2, 0.25) is 0 Å². The van der Waals surface area contributed by atoms with E-state index in [-0.39, 0.29) is 24.0 Å². The van der Waals surface area contributed by atoms with Gasteiger partial charge in [0.25, 0.3) is 0 Å². The number of guanidine groups is 1. The predicted octanol–water partition coefficient (Wildman–Crippen LogP) is 3.07. The summed E-state index contributed by atoms with van der Waals surface area (Å²) < 4.78 is 4.94. The number of halogens is 1. The van der Waals surface area contributed by atoms with Crippen LogP contribution in [0, 0.1) is 0 Å². The molecule has 1 fully saturated rings. The van der Waals surface area contributed by atoms with Crippen LogP contribution in [0.1, 0.15) is 31.1 Å². The van der Waals surface area contributed by atoms with Crippen molar-refractivity contribution in [1.82, 2.24) is 25.2 Å². The van der Waals surface area contributed by atoms with Gasteiger partial charge in [0.2, 0.25) is 0 Å². The van der Waals surface area contributed by atoms with Gasteiger partial charge < -0.3 is 14.7 Å². The van der Waals surface area contributed by atoms with Crippen LogP contribution >= 0.6 is 24.0 Å². The van der Waals surface area contributed by atoms with Gasteiger partial charge in [-0.1, -0.05) is 49.3 Å². The van der Waals surface area contributed by atoms with Crippen molar-refractivity contribution in [3.8, 4) is 0 Å². The maximum absolute atomic E-state index is 4.94. The number of benzene rings is 1. The van der Waals surface area contributed by atoms with Crippen molar-refractivity contribution in [3.63, 3.8) is 0 Å². The maximum atomic E-state index is 4.94. The standard InChI is InChI=1S/C22H34N6O.HI/c1-4-27(5-2)21(19-9-7-6-8-10-19)17-24-22(23-3)28-14-12-26(13-15-28)18-20-11-16-29-25-20;/h6-11,16,21H,4-5,12-15,17-18H2,1-3H3,(H,23,24);1H. The third-order valence-electron chi connectivity index (χ3n) is 5.65. The molecule has 0 bridgehead atoms. The number of hydrogen-bond acceptors (Lipinski definition) is 5. The molecule has 0 saturated carbocycles. The Labute approximate surface area is 197 Å². The van der Waals surface area contributed by atoms with Crippen LogP contribution in [-0.4, -0.2) is 78.7 Å². The molecule has 1 atom stereocenters. The number of nitrogens with one attached hydrogen (secondary N) is 1. The molecular formula is C22H35IN6O. The van der Waals surface area contributed by atoms with Crippen LogP contribution in [-0.2, 0) is 6.54 Å². The topological polar surface area (TPSA) is 60.1 Å². The monoisotopic (exact) mass is 526 g/mol. The Morgan fingerprint density at radius 3 is 2.40 bits per heavy atom. The molecule has 1 aromatic heterocycles. The molecule has 1 unspecified atom stereocenters. The first-order valence-electron chi connectivity index (χ1n) is 10.6. The van der Waals surface area contributed by atoms with Gasteiger partial charge in [0, 0.05) is 52.4 Å². The van der Waals surface area contributed by atoms with Gasteiger partial charge in [-0.3, -0.25) is 14.8 Å². The van der Waals surface area contributed by atoms with Gasteiger partial charge in [-0.2, -0.15) is 0 Å². The fraction of sp³-hybridized carbons (Fsp3) is 0.545. The molecule has 0 radical (unpaired) electrons. The molecular weight excluding hydrogens is 491 g/mol. The van der Waals surface area contributed by atoms with E-state index in [9.17, 15) is 0 Å². The minimum Gasteiger partial charge on any atom is -0.364 e. The highest BCUT2D eigenvalue weighted by molar-refractivity contribution is 14.0. The summed E-state index contributed by atoms with van der Waals surface area (Å²) in [7, 11) is 1.87. The van der Waals surface area contributed by atoms with Crippen molar-refractivity contribution in [1.29, 1.82) is 0 Å². The van der Waals surface area contributed by atoms with Crippen LogP contribution in [0.15, 0.2) is 52.2 Å². The fourth-order valence-corrected chi connectivity index (χ4v) is 3.98. The summed E-state index contributed by atoms with van der Waals surface area (Å²) >= 11 is 0. The summed E-state index contributed by atoms with van der Waals surface area (Å²) in [6.07, 6.45) is 1.64. The summed E-state index contributed by atoms with van der Waals surface area (Å²) in [5, 5.41) is 7.66. The van der Waals surface area contributed by atoms with E-state index in [1.165, 1.54) is 5.56 Å². The van der Waals surface area contributed by atoms with E-state index in [1.54, 1.807) is 6.26 Å². The van der Waals surface area contributed by atoms with E-state index in [4.69, 9.17) is 4.52 Å². The molecule has 3 rings (SSSR count). The minimum absolute atomic E-state index is 0. The molecule has 8 heteroatoms. The smallest absolute Gasteiger partial charge is 0.193 e. The van der Waals surface area contributed by atoms with Crippen molar-refractivity contribution in [2.75, 3.05) is 52.9 Å². The third kappa shape index (κ3) is 6.68. The highest BCUT2D eigenvalue weighted by Gasteiger charge is 2.22. The molecule has 1 aromatic carbocycles. The molecule has 7 nitrogen and oxygen atoms in total. The van der Waals surface area contributed by atoms with Crippen LogP contribution in [0.25, 0.3) is 0 Å². The van der Waals surface area contributed by atoms with Crippen molar-refractivity contribution in [3.05, 3.63) is 53.9 Å². The Bertz CT molecular complexity index is 727. The van der Waals surface area contributed by atoms with Crippen LogP contribution in [0.4, 0.5) is 0 Å². The molecule has 166 valence electrons. The van der Waals surface area contributed by atoms with E-state index in [1.807, 2.05) is 13.1 Å². The van der Waals surface area contributed by atoms with E-state index in [0.29, 0.717) is 6.04 Å². The summed E-state index contributed by atoms with van der Waals surface area (Å²) in [5.41, 5.74) is 2.34. The van der Waals surface area contributed by atoms with Crippen LogP contribution < -0.4 is 5.32 Å². The number of rotatable bonds is 8. The molecule has 2 heterocycles. The third-order valence-corrected chi connectivity index (χ3v) is 5.65. The van der Waals surface area contributed by atoms with Gasteiger partial charge in [0.05, 0.1) is 11.7 Å². The van der Waals surface area contributed by atoms with Gasteiger partial charge in [0.15, 0.2) is 5.96 Å². The summed E-state index contributed by atoms with van der Waals surface area (Å²) in [4.78, 5) is 11.8. The van der Waals surface area contributed by atoms with Gasteiger partial charge >= 0.3 is 0 Å². The zero-order valence-electron chi connectivity index (χ0n) is 18.3. The lowest BCUT2D eigenvalue weighted by Crippen LogP contribution is -2.53. The number of aromatic nitrogens is 1. The average molecular weight is 526 g/mol. The van der Waals surface area contributed by atoms with E-state index >= 15 is 0 Å². The van der Waals surface area contributed by atoms with Crippen molar-refractivity contribution in [2.24, 2.45) is 4.99 Å². The highest BCUT2D eigenvalue weighted by atomic mass is 127. The Hall–Kier alpha value is -1.65. The molecule has 0 spiro atoms. The molecule has 0 amide bonds. The highest BCUT2D eigenvalue weighted by Crippen LogP contribution is 2.19. The van der Waals surface area contributed by atoms with E-state index in [2.05, 4.69) is 74.3 Å². The lowest BCUT2D eigenvalue weighted by atomic mass is 10.1. The summed E-state index contributed by atoms with van der Waals surface area (Å²) in [5.74, 6) is 0.985. The zero-order valence-corrected chi connectivity index (χ0v) is 20.7. The number of aliphatic imine (C=N–C) groups is 1. The number of nitrogens with zero attached hydrogens (tertiary/aromatic N) is 5. The molecule has 1 saturated heterocycles. The number of likely N-dealkylation sites (N-methyl/N-ethyl adjacent to an activating group) is 1. The number of hydrogen-bond donors (Lipinski definition) is 1. The van der Waals surface area contributed by atoms with Crippen molar-refractivity contribution < 1.29 is 4.52 Å². The Morgan fingerprint density at radius 1 is 1.13 bits per heavy atom. The largest absolute Gasteiger partial charge is 0.364 e. The van der Waals surface area contributed by atoms with Gasteiger partial charge in [-0.15, -0.1) is 24.0 Å². The van der Waals surface area contributed by atoms with E-state index < -0.39 is 0 Å². The molecule has 2 aromatic rings. The second-order valence-electron chi connectivity index (χ2n) is 7.33. The van der Waals surface area contributed by atoms with Crippen LogP contribution in [0.3, 0.4) is 0 Å². The molecule has 30 heavy (non-hydrogen) atoms. The fourth-order valence-electron chi connectivity index (χ4n) is 3.98. The molecule has 1 aliphatic rings.